The molecular formula is C20H28N4O2. The Morgan fingerprint density at radius 3 is 2.69 bits per heavy atom. The SMILES string of the molecule is Cc1ccccc1CCC(=O)N1CCC(Cn2cc([C@H](C)O)nn2)CC1. The summed E-state index contributed by atoms with van der Waals surface area (Å²) in [7, 11) is 0. The normalized spacial score (nSPS) is 16.7. The highest BCUT2D eigenvalue weighted by atomic mass is 16.3. The zero-order valence-corrected chi connectivity index (χ0v) is 15.6. The van der Waals surface area contributed by atoms with Crippen molar-refractivity contribution >= 4 is 5.91 Å². The Morgan fingerprint density at radius 2 is 2.04 bits per heavy atom. The quantitative estimate of drug-likeness (QED) is 0.863. The van der Waals surface area contributed by atoms with E-state index in [2.05, 4.69) is 29.4 Å². The lowest BCUT2D eigenvalue weighted by Crippen LogP contribution is -2.39. The lowest BCUT2D eigenvalue weighted by molar-refractivity contribution is -0.132. The largest absolute Gasteiger partial charge is 0.387 e. The molecule has 1 aromatic carbocycles. The second-order valence-corrected chi connectivity index (χ2v) is 7.29. The number of nitrogens with zero attached hydrogens (tertiary/aromatic N) is 4. The third kappa shape index (κ3) is 4.69. The molecule has 0 aliphatic carbocycles. The number of benzene rings is 1. The maximum atomic E-state index is 12.5. The van der Waals surface area contributed by atoms with E-state index >= 15 is 0 Å². The number of likely N-dealkylation sites (tertiary alicyclic amines) is 1. The number of piperidine rings is 1. The Hall–Kier alpha value is -2.21. The number of amides is 1. The number of aliphatic hydroxyl groups is 1. The van der Waals surface area contributed by atoms with E-state index in [1.807, 2.05) is 27.9 Å². The van der Waals surface area contributed by atoms with Gasteiger partial charge in [0, 0.05) is 26.1 Å². The van der Waals surface area contributed by atoms with E-state index < -0.39 is 6.10 Å². The molecule has 1 fully saturated rings. The average Bonchev–Trinajstić information content (AvgIpc) is 3.10. The number of rotatable bonds is 6. The summed E-state index contributed by atoms with van der Waals surface area (Å²) in [5.41, 5.74) is 3.12. The molecule has 140 valence electrons. The van der Waals surface area contributed by atoms with Crippen molar-refractivity contribution in [2.75, 3.05) is 13.1 Å². The second kappa shape index (κ2) is 8.45. The molecule has 6 nitrogen and oxygen atoms in total. The summed E-state index contributed by atoms with van der Waals surface area (Å²) >= 11 is 0. The molecule has 2 aromatic rings. The number of carbonyl (C=O) groups excluding carboxylic acids is 1. The van der Waals surface area contributed by atoms with Gasteiger partial charge in [0.25, 0.3) is 0 Å². The van der Waals surface area contributed by atoms with Crippen LogP contribution in [0.5, 0.6) is 0 Å². The first-order chi connectivity index (χ1) is 12.5. The van der Waals surface area contributed by atoms with E-state index in [9.17, 15) is 9.90 Å². The van der Waals surface area contributed by atoms with Gasteiger partial charge in [0.15, 0.2) is 0 Å². The third-order valence-electron chi connectivity index (χ3n) is 5.27. The fraction of sp³-hybridized carbons (Fsp3) is 0.550. The molecule has 1 aliphatic rings. The molecule has 1 aromatic heterocycles. The number of hydrogen-bond donors (Lipinski definition) is 1. The van der Waals surface area contributed by atoms with Gasteiger partial charge in [-0.3, -0.25) is 9.48 Å². The molecule has 1 atom stereocenters. The van der Waals surface area contributed by atoms with Crippen LogP contribution < -0.4 is 0 Å². The lowest BCUT2D eigenvalue weighted by Gasteiger charge is -2.32. The molecule has 1 saturated heterocycles. The van der Waals surface area contributed by atoms with Crippen LogP contribution in [-0.4, -0.2) is 44.0 Å². The van der Waals surface area contributed by atoms with Crippen LogP contribution in [0.4, 0.5) is 0 Å². The smallest absolute Gasteiger partial charge is 0.222 e. The van der Waals surface area contributed by atoms with Crippen molar-refractivity contribution in [3.05, 3.63) is 47.3 Å². The Labute approximate surface area is 154 Å². The molecule has 3 rings (SSSR count). The third-order valence-corrected chi connectivity index (χ3v) is 5.27. The van der Waals surface area contributed by atoms with E-state index in [4.69, 9.17) is 0 Å². The van der Waals surface area contributed by atoms with Crippen molar-refractivity contribution in [1.82, 2.24) is 19.9 Å². The molecule has 0 unspecified atom stereocenters. The summed E-state index contributed by atoms with van der Waals surface area (Å²) < 4.78 is 1.81. The van der Waals surface area contributed by atoms with Gasteiger partial charge in [-0.05, 0) is 50.2 Å². The number of hydrogen-bond acceptors (Lipinski definition) is 4. The van der Waals surface area contributed by atoms with E-state index in [-0.39, 0.29) is 5.91 Å². The molecule has 1 aliphatic heterocycles. The molecule has 6 heteroatoms. The summed E-state index contributed by atoms with van der Waals surface area (Å²) in [5, 5.41) is 17.6. The Balaban J connectivity index is 1.44. The Morgan fingerprint density at radius 1 is 1.31 bits per heavy atom. The summed E-state index contributed by atoms with van der Waals surface area (Å²) in [5.74, 6) is 0.753. The van der Waals surface area contributed by atoms with Crippen molar-refractivity contribution in [1.29, 1.82) is 0 Å². The summed E-state index contributed by atoms with van der Waals surface area (Å²) in [4.78, 5) is 14.5. The first kappa shape index (κ1) is 18.6. The number of aliphatic hydroxyl groups excluding tert-OH is 1. The first-order valence-corrected chi connectivity index (χ1v) is 9.43. The van der Waals surface area contributed by atoms with Gasteiger partial charge < -0.3 is 10.0 Å². The zero-order valence-electron chi connectivity index (χ0n) is 15.6. The minimum absolute atomic E-state index is 0.254. The maximum Gasteiger partial charge on any atom is 0.222 e. The standard InChI is InChI=1S/C20H28N4O2/c1-15-5-3-4-6-18(15)7-8-20(26)23-11-9-17(10-12-23)13-24-14-19(16(2)25)21-22-24/h3-6,14,16-17,25H,7-13H2,1-2H3/t16-/m0/s1. The molecule has 26 heavy (non-hydrogen) atoms. The van der Waals surface area contributed by atoms with Crippen LogP contribution in [0.25, 0.3) is 0 Å². The van der Waals surface area contributed by atoms with Gasteiger partial charge in [-0.15, -0.1) is 5.10 Å². The van der Waals surface area contributed by atoms with Gasteiger partial charge >= 0.3 is 0 Å². The van der Waals surface area contributed by atoms with E-state index in [1.54, 1.807) is 6.92 Å². The average molecular weight is 356 g/mol. The van der Waals surface area contributed by atoms with Crippen LogP contribution >= 0.6 is 0 Å². The number of aryl methyl sites for hydroxylation is 2. The molecule has 0 radical (unpaired) electrons. The van der Waals surface area contributed by atoms with E-state index in [0.717, 1.165) is 38.9 Å². The van der Waals surface area contributed by atoms with E-state index in [0.29, 0.717) is 18.0 Å². The first-order valence-electron chi connectivity index (χ1n) is 9.43. The predicted octanol–water partition coefficient (Wildman–Crippen LogP) is 2.51. The van der Waals surface area contributed by atoms with Crippen LogP contribution in [0.15, 0.2) is 30.5 Å². The topological polar surface area (TPSA) is 71.2 Å². The van der Waals surface area contributed by atoms with Crippen molar-refractivity contribution in [2.45, 2.75) is 52.2 Å². The number of carbonyl (C=O) groups is 1. The van der Waals surface area contributed by atoms with Gasteiger partial charge in [-0.1, -0.05) is 29.5 Å². The summed E-state index contributed by atoms with van der Waals surface area (Å²) in [6, 6.07) is 8.27. The van der Waals surface area contributed by atoms with E-state index in [1.165, 1.54) is 11.1 Å². The summed E-state index contributed by atoms with van der Waals surface area (Å²) in [6.07, 6.45) is 4.59. The van der Waals surface area contributed by atoms with Gasteiger partial charge in [-0.25, -0.2) is 0 Å². The Bertz CT molecular complexity index is 733. The van der Waals surface area contributed by atoms with Crippen LogP contribution in [0, 0.1) is 12.8 Å². The predicted molar refractivity (Wildman–Crippen MR) is 99.5 cm³/mol. The monoisotopic (exact) mass is 356 g/mol. The van der Waals surface area contributed by atoms with Gasteiger partial charge in [0.2, 0.25) is 5.91 Å². The highest BCUT2D eigenvalue weighted by molar-refractivity contribution is 5.76. The van der Waals surface area contributed by atoms with Gasteiger partial charge in [0.1, 0.15) is 5.69 Å². The number of aromatic nitrogens is 3. The van der Waals surface area contributed by atoms with Gasteiger partial charge in [-0.2, -0.15) is 0 Å². The maximum absolute atomic E-state index is 12.5. The van der Waals surface area contributed by atoms with Crippen molar-refractivity contribution in [2.24, 2.45) is 5.92 Å². The van der Waals surface area contributed by atoms with Crippen molar-refractivity contribution in [3.63, 3.8) is 0 Å². The van der Waals surface area contributed by atoms with Crippen molar-refractivity contribution < 1.29 is 9.90 Å². The van der Waals surface area contributed by atoms with Gasteiger partial charge in [0.05, 0.1) is 12.3 Å². The molecule has 0 saturated carbocycles. The molecule has 0 spiro atoms. The molecule has 1 amide bonds. The minimum atomic E-state index is -0.587. The fourth-order valence-corrected chi connectivity index (χ4v) is 3.51. The minimum Gasteiger partial charge on any atom is -0.387 e. The van der Waals surface area contributed by atoms with Crippen molar-refractivity contribution in [3.8, 4) is 0 Å². The van der Waals surface area contributed by atoms with Crippen LogP contribution in [0.2, 0.25) is 0 Å². The molecule has 2 heterocycles. The zero-order chi connectivity index (χ0) is 18.5. The lowest BCUT2D eigenvalue weighted by atomic mass is 9.96. The Kier molecular flexibility index (Phi) is 6.04. The van der Waals surface area contributed by atoms with Crippen LogP contribution in [0.3, 0.4) is 0 Å². The molecule has 1 N–H and O–H groups in total. The summed E-state index contributed by atoms with van der Waals surface area (Å²) in [6.45, 7) is 6.21. The fourth-order valence-electron chi connectivity index (χ4n) is 3.51. The van der Waals surface area contributed by atoms with Crippen LogP contribution in [0.1, 0.15) is 49.1 Å². The molecule has 0 bridgehead atoms. The highest BCUT2D eigenvalue weighted by Crippen LogP contribution is 2.20. The van der Waals surface area contributed by atoms with Crippen LogP contribution in [-0.2, 0) is 17.8 Å². The second-order valence-electron chi connectivity index (χ2n) is 7.29. The highest BCUT2D eigenvalue weighted by Gasteiger charge is 2.23. The molecular weight excluding hydrogens is 328 g/mol.